The van der Waals surface area contributed by atoms with Crippen molar-refractivity contribution in [2.45, 2.75) is 45.3 Å². The van der Waals surface area contributed by atoms with E-state index < -0.39 is 0 Å². The lowest BCUT2D eigenvalue weighted by atomic mass is 10.1. The number of aryl methyl sites for hydroxylation is 2. The minimum Gasteiger partial charge on any atom is -0.454 e. The van der Waals surface area contributed by atoms with Gasteiger partial charge in [-0.2, -0.15) is 0 Å². The summed E-state index contributed by atoms with van der Waals surface area (Å²) < 4.78 is 12.8. The minimum atomic E-state index is -0.158. The molecule has 0 aliphatic carbocycles. The van der Waals surface area contributed by atoms with Crippen molar-refractivity contribution in [1.29, 1.82) is 0 Å². The molecule has 1 atom stereocenters. The van der Waals surface area contributed by atoms with Crippen LogP contribution in [0, 0.1) is 0 Å². The Morgan fingerprint density at radius 2 is 1.97 bits per heavy atom. The highest BCUT2D eigenvalue weighted by Gasteiger charge is 2.26. The number of benzene rings is 2. The topological polar surface area (TPSA) is 118 Å². The van der Waals surface area contributed by atoms with Crippen molar-refractivity contribution in [2.75, 3.05) is 19.9 Å². The number of nitrogens with one attached hydrogen (secondary N) is 1. The molecule has 10 heteroatoms. The molecule has 2 aromatic heterocycles. The normalized spacial score (nSPS) is 13.5. The number of hydrogen-bond donors (Lipinski definition) is 2. The van der Waals surface area contributed by atoms with Gasteiger partial charge in [-0.3, -0.25) is 9.69 Å². The number of aliphatic hydroxyl groups excluding tert-OH is 1. The molecule has 188 valence electrons. The number of ether oxygens (including phenoxy) is 2. The summed E-state index contributed by atoms with van der Waals surface area (Å²) in [5.74, 6) is 2.05. The molecule has 0 radical (unpaired) electrons. The van der Waals surface area contributed by atoms with E-state index in [4.69, 9.17) is 9.47 Å². The van der Waals surface area contributed by atoms with Gasteiger partial charge in [0.2, 0.25) is 6.79 Å². The molecule has 10 nitrogen and oxygen atoms in total. The zero-order valence-electron chi connectivity index (χ0n) is 20.3. The molecule has 0 saturated heterocycles. The van der Waals surface area contributed by atoms with Crippen LogP contribution in [0.1, 0.15) is 42.8 Å². The lowest BCUT2D eigenvalue weighted by molar-refractivity contribution is 0.152. The second kappa shape index (κ2) is 10.9. The molecule has 36 heavy (non-hydrogen) atoms. The van der Waals surface area contributed by atoms with Crippen LogP contribution in [0.25, 0.3) is 10.9 Å². The first kappa shape index (κ1) is 24.0. The Kier molecular flexibility index (Phi) is 7.24. The van der Waals surface area contributed by atoms with Crippen molar-refractivity contribution in [3.8, 4) is 11.5 Å². The summed E-state index contributed by atoms with van der Waals surface area (Å²) in [7, 11) is 0. The fourth-order valence-corrected chi connectivity index (χ4v) is 4.69. The maximum atomic E-state index is 13.0. The third kappa shape index (κ3) is 5.09. The fraction of sp³-hybridized carbons (Fsp3) is 0.385. The Morgan fingerprint density at radius 1 is 1.17 bits per heavy atom. The standard InChI is InChI=1S/C26H30N6O4/c1-2-22(25-28-29-30-32(25)11-9-18-7-4-3-5-8-18)31(10-6-12-33)16-20-13-19-14-23-24(36-17-35-23)15-21(19)27-26(20)34/h3-5,7-8,13-15,22,33H,2,6,9-12,16-17H2,1H3,(H,27,34)/t22-/m0/s1. The average Bonchev–Trinajstić information content (AvgIpc) is 3.55. The van der Waals surface area contributed by atoms with Crippen molar-refractivity contribution in [1.82, 2.24) is 30.1 Å². The maximum absolute atomic E-state index is 13.0. The van der Waals surface area contributed by atoms with E-state index in [0.717, 1.165) is 24.1 Å². The van der Waals surface area contributed by atoms with Gasteiger partial charge in [0.15, 0.2) is 17.3 Å². The van der Waals surface area contributed by atoms with Gasteiger partial charge < -0.3 is 19.6 Å². The van der Waals surface area contributed by atoms with E-state index in [-0.39, 0.29) is 25.0 Å². The van der Waals surface area contributed by atoms with Crippen LogP contribution in [-0.4, -0.2) is 55.1 Å². The van der Waals surface area contributed by atoms with Gasteiger partial charge in [0.25, 0.3) is 5.56 Å². The highest BCUT2D eigenvalue weighted by molar-refractivity contribution is 5.83. The Labute approximate surface area is 208 Å². The molecule has 0 spiro atoms. The number of fused-ring (bicyclic) bond motifs is 2. The van der Waals surface area contributed by atoms with E-state index >= 15 is 0 Å². The van der Waals surface area contributed by atoms with E-state index in [1.54, 1.807) is 6.07 Å². The summed E-state index contributed by atoms with van der Waals surface area (Å²) in [6.45, 7) is 3.96. The molecular weight excluding hydrogens is 460 g/mol. The van der Waals surface area contributed by atoms with Crippen LogP contribution in [0.4, 0.5) is 0 Å². The van der Waals surface area contributed by atoms with Crippen LogP contribution in [0.3, 0.4) is 0 Å². The van der Waals surface area contributed by atoms with Crippen molar-refractivity contribution in [2.24, 2.45) is 0 Å². The van der Waals surface area contributed by atoms with Gasteiger partial charge in [-0.05, 0) is 47.4 Å². The van der Waals surface area contributed by atoms with Gasteiger partial charge in [0, 0.05) is 43.3 Å². The number of nitrogens with zero attached hydrogens (tertiary/aromatic N) is 5. The number of aromatic amines is 1. The lowest BCUT2D eigenvalue weighted by Gasteiger charge is -2.30. The van der Waals surface area contributed by atoms with Crippen molar-refractivity contribution < 1.29 is 14.6 Å². The van der Waals surface area contributed by atoms with Crippen molar-refractivity contribution >= 4 is 10.9 Å². The number of H-pyrrole nitrogens is 1. The van der Waals surface area contributed by atoms with Gasteiger partial charge in [0.05, 0.1) is 11.6 Å². The van der Waals surface area contributed by atoms with Crippen molar-refractivity contribution in [3.05, 3.63) is 75.8 Å². The van der Waals surface area contributed by atoms with Gasteiger partial charge >= 0.3 is 0 Å². The second-order valence-electron chi connectivity index (χ2n) is 8.88. The van der Waals surface area contributed by atoms with Crippen molar-refractivity contribution in [3.63, 3.8) is 0 Å². The second-order valence-corrected chi connectivity index (χ2v) is 8.88. The molecule has 1 aliphatic rings. The molecule has 4 aromatic rings. The first-order chi connectivity index (χ1) is 17.7. The molecule has 5 rings (SSSR count). The van der Waals surface area contributed by atoms with Gasteiger partial charge in [-0.1, -0.05) is 37.3 Å². The number of tetrazole rings is 1. The molecule has 1 aliphatic heterocycles. The van der Waals surface area contributed by atoms with E-state index in [1.165, 1.54) is 5.56 Å². The highest BCUT2D eigenvalue weighted by atomic mass is 16.7. The SMILES string of the molecule is CC[C@@H](c1nnnn1CCc1ccccc1)N(CCCO)Cc1cc2cc3c(cc2[nH]c1=O)OCO3. The van der Waals surface area contributed by atoms with Crippen LogP contribution in [0.2, 0.25) is 0 Å². The highest BCUT2D eigenvalue weighted by Crippen LogP contribution is 2.35. The molecule has 0 bridgehead atoms. The van der Waals surface area contributed by atoms with E-state index in [2.05, 4.69) is 44.5 Å². The van der Waals surface area contributed by atoms with Crippen LogP contribution in [0.5, 0.6) is 11.5 Å². The largest absolute Gasteiger partial charge is 0.454 e. The summed E-state index contributed by atoms with van der Waals surface area (Å²) in [6, 6.07) is 15.7. The first-order valence-electron chi connectivity index (χ1n) is 12.3. The predicted molar refractivity (Wildman–Crippen MR) is 134 cm³/mol. The average molecular weight is 491 g/mol. The maximum Gasteiger partial charge on any atom is 0.252 e. The predicted octanol–water partition coefficient (Wildman–Crippen LogP) is 2.82. The minimum absolute atomic E-state index is 0.0590. The number of aromatic nitrogens is 5. The van der Waals surface area contributed by atoms with Crippen LogP contribution >= 0.6 is 0 Å². The van der Waals surface area contributed by atoms with E-state index in [9.17, 15) is 9.90 Å². The molecular formula is C26H30N6O4. The first-order valence-corrected chi connectivity index (χ1v) is 12.3. The molecule has 0 saturated carbocycles. The van der Waals surface area contributed by atoms with Gasteiger partial charge in [0.1, 0.15) is 0 Å². The molecule has 2 N–H and O–H groups in total. The Hall–Kier alpha value is -3.76. The molecule has 0 amide bonds. The van der Waals surface area contributed by atoms with Gasteiger partial charge in [-0.25, -0.2) is 4.68 Å². The molecule has 0 fully saturated rings. The monoisotopic (exact) mass is 490 g/mol. The third-order valence-corrected chi connectivity index (χ3v) is 6.53. The molecule has 2 aromatic carbocycles. The number of hydrogen-bond acceptors (Lipinski definition) is 8. The summed E-state index contributed by atoms with van der Waals surface area (Å²) in [6.07, 6.45) is 2.14. The van der Waals surface area contributed by atoms with Crippen LogP contribution in [0.15, 0.2) is 53.3 Å². The zero-order chi connectivity index (χ0) is 24.9. The summed E-state index contributed by atoms with van der Waals surface area (Å²) in [5, 5.41) is 23.0. The lowest BCUT2D eigenvalue weighted by Crippen LogP contribution is -2.34. The fourth-order valence-electron chi connectivity index (χ4n) is 4.69. The summed E-state index contributed by atoms with van der Waals surface area (Å²) in [5.41, 5.74) is 2.38. The number of pyridine rings is 1. The Morgan fingerprint density at radius 3 is 2.75 bits per heavy atom. The number of aliphatic hydroxyl groups is 1. The Bertz CT molecular complexity index is 1370. The summed E-state index contributed by atoms with van der Waals surface area (Å²) >= 11 is 0. The zero-order valence-corrected chi connectivity index (χ0v) is 20.3. The number of rotatable bonds is 11. The summed E-state index contributed by atoms with van der Waals surface area (Å²) in [4.78, 5) is 18.2. The van der Waals surface area contributed by atoms with E-state index in [1.807, 2.05) is 35.0 Å². The van der Waals surface area contributed by atoms with E-state index in [0.29, 0.717) is 48.6 Å². The molecule has 3 heterocycles. The van der Waals surface area contributed by atoms with Crippen LogP contribution in [-0.2, 0) is 19.5 Å². The Balaban J connectivity index is 1.41. The third-order valence-electron chi connectivity index (χ3n) is 6.53. The molecule has 0 unspecified atom stereocenters. The van der Waals surface area contributed by atoms with Crippen LogP contribution < -0.4 is 15.0 Å². The quantitative estimate of drug-likeness (QED) is 0.330. The smallest absolute Gasteiger partial charge is 0.252 e. The van der Waals surface area contributed by atoms with Gasteiger partial charge in [-0.15, -0.1) is 5.10 Å².